The summed E-state index contributed by atoms with van der Waals surface area (Å²) in [5, 5.41) is 0. The average Bonchev–Trinajstić information content (AvgIpc) is 2.71. The van der Waals surface area contributed by atoms with Crippen LogP contribution in [0.25, 0.3) is 0 Å². The van der Waals surface area contributed by atoms with Gasteiger partial charge in [0.15, 0.2) is 0 Å². The number of carbonyl (C=O) groups is 1. The first-order chi connectivity index (χ1) is 9.28. The zero-order chi connectivity index (χ0) is 14.7. The number of hydrogen-bond acceptors (Lipinski definition) is 1. The van der Waals surface area contributed by atoms with Gasteiger partial charge >= 0.3 is 0 Å². The van der Waals surface area contributed by atoms with Crippen LogP contribution < -0.4 is 0 Å². The first-order valence-corrected chi connectivity index (χ1v) is 8.79. The van der Waals surface area contributed by atoms with Crippen molar-refractivity contribution in [3.63, 3.8) is 0 Å². The topological polar surface area (TPSA) is 17.1 Å². The van der Waals surface area contributed by atoms with Gasteiger partial charge < -0.3 is 0 Å². The number of hydrogen-bond donors (Lipinski definition) is 0. The maximum Gasteiger partial charge on any atom is 0.133 e. The molecule has 116 valence electrons. The summed E-state index contributed by atoms with van der Waals surface area (Å²) in [5.74, 6) is 4.28. The SMILES string of the molecule is CC(=O)[C@H]1CCC2C3CCC(C)C(C)(C)C3CC[C@@]21C.[HH]. The maximum absolute atomic E-state index is 12.0. The number of Topliss-reactive ketones (excluding diaryl/α,β-unsaturated/α-hetero) is 1. The molecule has 0 amide bonds. The van der Waals surface area contributed by atoms with E-state index in [9.17, 15) is 4.79 Å². The van der Waals surface area contributed by atoms with Gasteiger partial charge in [0.25, 0.3) is 0 Å². The molecule has 3 aliphatic carbocycles. The van der Waals surface area contributed by atoms with E-state index in [0.29, 0.717) is 22.5 Å². The smallest absolute Gasteiger partial charge is 0.133 e. The summed E-state index contributed by atoms with van der Waals surface area (Å²) in [6.45, 7) is 11.7. The second-order valence-corrected chi connectivity index (χ2v) is 8.96. The van der Waals surface area contributed by atoms with Crippen molar-refractivity contribution in [2.75, 3.05) is 0 Å². The van der Waals surface area contributed by atoms with Gasteiger partial charge in [-0.1, -0.05) is 27.7 Å². The Hall–Kier alpha value is -0.330. The van der Waals surface area contributed by atoms with Gasteiger partial charge in [-0.15, -0.1) is 0 Å². The lowest BCUT2D eigenvalue weighted by molar-refractivity contribution is -0.129. The molecule has 0 heterocycles. The second kappa shape index (κ2) is 4.58. The third-order valence-corrected chi connectivity index (χ3v) is 8.09. The van der Waals surface area contributed by atoms with Crippen LogP contribution in [0.1, 0.15) is 74.6 Å². The number of carbonyl (C=O) groups excluding carboxylic acids is 1. The van der Waals surface area contributed by atoms with E-state index >= 15 is 0 Å². The van der Waals surface area contributed by atoms with Crippen LogP contribution in [0.4, 0.5) is 0 Å². The van der Waals surface area contributed by atoms with E-state index < -0.39 is 0 Å². The van der Waals surface area contributed by atoms with Crippen molar-refractivity contribution in [1.82, 2.24) is 0 Å². The first-order valence-electron chi connectivity index (χ1n) is 8.79. The fourth-order valence-electron chi connectivity index (χ4n) is 6.46. The standard InChI is InChI=1S/C19H32O.H2/c1-12-6-7-14-16(18(12,3)4)10-11-19(5)15(13(2)20)8-9-17(14)19;/h12,14-17H,6-11H2,1-5H3;1H/t12?,14?,15-,16?,17?,19-;/m1./s1. The van der Waals surface area contributed by atoms with Gasteiger partial charge in [0.2, 0.25) is 0 Å². The van der Waals surface area contributed by atoms with Crippen LogP contribution >= 0.6 is 0 Å². The third kappa shape index (κ3) is 1.84. The number of fused-ring (bicyclic) bond motifs is 3. The zero-order valence-electron chi connectivity index (χ0n) is 14.0. The Bertz CT molecular complexity index is 416. The molecule has 3 fully saturated rings. The molecule has 0 bridgehead atoms. The molecule has 0 aromatic rings. The second-order valence-electron chi connectivity index (χ2n) is 8.96. The Labute approximate surface area is 126 Å². The summed E-state index contributed by atoms with van der Waals surface area (Å²) in [6.07, 6.45) is 7.94. The minimum absolute atomic E-state index is 0. The molecule has 0 N–H and O–H groups in total. The van der Waals surface area contributed by atoms with Crippen LogP contribution in [0.15, 0.2) is 0 Å². The fourth-order valence-corrected chi connectivity index (χ4v) is 6.46. The highest BCUT2D eigenvalue weighted by Gasteiger charge is 2.58. The summed E-state index contributed by atoms with van der Waals surface area (Å²) >= 11 is 0. The molecule has 20 heavy (non-hydrogen) atoms. The van der Waals surface area contributed by atoms with E-state index in [4.69, 9.17) is 0 Å². The molecule has 0 spiro atoms. The molecule has 0 radical (unpaired) electrons. The minimum atomic E-state index is 0. The summed E-state index contributed by atoms with van der Waals surface area (Å²) in [6, 6.07) is 0. The van der Waals surface area contributed by atoms with E-state index in [0.717, 1.165) is 30.1 Å². The molecule has 0 aromatic carbocycles. The number of ketones is 1. The highest BCUT2D eigenvalue weighted by molar-refractivity contribution is 5.79. The Morgan fingerprint density at radius 1 is 1.00 bits per heavy atom. The molecule has 3 saturated carbocycles. The molecular formula is C19H34O. The van der Waals surface area contributed by atoms with Crippen molar-refractivity contribution in [2.45, 2.75) is 73.1 Å². The van der Waals surface area contributed by atoms with Crippen LogP contribution in [0.2, 0.25) is 0 Å². The Morgan fingerprint density at radius 3 is 2.35 bits per heavy atom. The fraction of sp³-hybridized carbons (Fsp3) is 0.947. The predicted molar refractivity (Wildman–Crippen MR) is 85.5 cm³/mol. The normalized spacial score (nSPS) is 50.4. The van der Waals surface area contributed by atoms with Gasteiger partial charge in [-0.2, -0.15) is 0 Å². The van der Waals surface area contributed by atoms with Crippen molar-refractivity contribution < 1.29 is 6.22 Å². The third-order valence-electron chi connectivity index (χ3n) is 8.09. The van der Waals surface area contributed by atoms with Crippen LogP contribution in [0.3, 0.4) is 0 Å². The summed E-state index contributed by atoms with van der Waals surface area (Å²) in [5.41, 5.74) is 0.822. The Morgan fingerprint density at radius 2 is 1.70 bits per heavy atom. The maximum atomic E-state index is 12.0. The average molecular weight is 278 g/mol. The minimum Gasteiger partial charge on any atom is -0.300 e. The van der Waals surface area contributed by atoms with E-state index in [1.807, 2.05) is 6.92 Å². The van der Waals surface area contributed by atoms with Crippen LogP contribution in [0, 0.1) is 40.4 Å². The highest BCUT2D eigenvalue weighted by atomic mass is 16.1. The summed E-state index contributed by atoms with van der Waals surface area (Å²) < 4.78 is 0. The molecule has 0 aliphatic heterocycles. The summed E-state index contributed by atoms with van der Waals surface area (Å²) in [7, 11) is 0. The molecule has 3 rings (SSSR count). The molecule has 1 heteroatoms. The molecule has 6 atom stereocenters. The van der Waals surface area contributed by atoms with Crippen LogP contribution in [-0.2, 0) is 4.79 Å². The van der Waals surface area contributed by atoms with Gasteiger partial charge in [-0.3, -0.25) is 4.79 Å². The van der Waals surface area contributed by atoms with E-state index in [-0.39, 0.29) is 1.43 Å². The van der Waals surface area contributed by atoms with Crippen LogP contribution in [-0.4, -0.2) is 5.78 Å². The molecule has 3 aliphatic rings. The lowest BCUT2D eigenvalue weighted by atomic mass is 9.47. The van der Waals surface area contributed by atoms with E-state index in [1.54, 1.807) is 0 Å². The zero-order valence-corrected chi connectivity index (χ0v) is 14.0. The van der Waals surface area contributed by atoms with Crippen molar-refractivity contribution in [1.29, 1.82) is 0 Å². The lowest BCUT2D eigenvalue weighted by Crippen LogP contribution is -2.50. The first kappa shape index (κ1) is 14.6. The molecular weight excluding hydrogens is 244 g/mol. The Kier molecular flexibility index (Phi) is 3.34. The van der Waals surface area contributed by atoms with Crippen molar-refractivity contribution in [3.05, 3.63) is 0 Å². The molecule has 0 aromatic heterocycles. The molecule has 4 unspecified atom stereocenters. The van der Waals surface area contributed by atoms with Gasteiger partial charge in [0.05, 0.1) is 0 Å². The van der Waals surface area contributed by atoms with Gasteiger partial charge in [-0.05, 0) is 80.0 Å². The Balaban J connectivity index is 0.00000161. The molecule has 1 nitrogen and oxygen atoms in total. The van der Waals surface area contributed by atoms with Crippen molar-refractivity contribution in [2.24, 2.45) is 40.4 Å². The van der Waals surface area contributed by atoms with Crippen molar-refractivity contribution >= 4 is 5.78 Å². The molecule has 0 saturated heterocycles. The lowest BCUT2D eigenvalue weighted by Gasteiger charge is -2.57. The van der Waals surface area contributed by atoms with Crippen molar-refractivity contribution in [3.8, 4) is 0 Å². The number of rotatable bonds is 1. The highest BCUT2D eigenvalue weighted by Crippen LogP contribution is 2.65. The van der Waals surface area contributed by atoms with Crippen LogP contribution in [0.5, 0.6) is 0 Å². The van der Waals surface area contributed by atoms with Gasteiger partial charge in [0.1, 0.15) is 5.78 Å². The van der Waals surface area contributed by atoms with E-state index in [1.165, 1.54) is 32.1 Å². The summed E-state index contributed by atoms with van der Waals surface area (Å²) in [4.78, 5) is 12.0. The van der Waals surface area contributed by atoms with Gasteiger partial charge in [-0.25, -0.2) is 0 Å². The predicted octanol–water partition coefficient (Wildman–Crippen LogP) is 5.34. The largest absolute Gasteiger partial charge is 0.300 e. The van der Waals surface area contributed by atoms with E-state index in [2.05, 4.69) is 27.7 Å². The monoisotopic (exact) mass is 278 g/mol. The van der Waals surface area contributed by atoms with Gasteiger partial charge in [0, 0.05) is 7.34 Å². The quantitative estimate of drug-likeness (QED) is 0.633.